The molecule has 2 atom stereocenters. The van der Waals surface area contributed by atoms with Crippen LogP contribution in [0, 0.1) is 0 Å². The van der Waals surface area contributed by atoms with Gasteiger partial charge in [0, 0.05) is 0 Å². The molecule has 0 aromatic heterocycles. The monoisotopic (exact) mass is 200 g/mol. The van der Waals surface area contributed by atoms with Crippen molar-refractivity contribution in [2.75, 3.05) is 5.73 Å². The fourth-order valence-electron chi connectivity index (χ4n) is 1.10. The number of aliphatic hydroxyl groups is 1. The van der Waals surface area contributed by atoms with Gasteiger partial charge in [0.05, 0.1) is 22.9 Å². The number of nitrogen functional groups attached to an aromatic ring is 1. The van der Waals surface area contributed by atoms with E-state index in [1.165, 1.54) is 0 Å². The highest BCUT2D eigenvalue weighted by atomic mass is 35.5. The normalized spacial score (nSPS) is 15.4. The molecule has 1 unspecified atom stereocenters. The molecule has 0 saturated carbocycles. The van der Waals surface area contributed by atoms with Crippen molar-refractivity contribution in [2.24, 2.45) is 5.73 Å². The van der Waals surface area contributed by atoms with E-state index in [0.717, 1.165) is 0 Å². The molecule has 0 spiro atoms. The Morgan fingerprint density at radius 2 is 2.08 bits per heavy atom. The van der Waals surface area contributed by atoms with Crippen LogP contribution in [0.2, 0.25) is 5.02 Å². The van der Waals surface area contributed by atoms with Gasteiger partial charge in [0.25, 0.3) is 0 Å². The number of halogens is 1. The molecule has 0 bridgehead atoms. The molecule has 4 heteroatoms. The quantitative estimate of drug-likeness (QED) is 0.631. The molecule has 13 heavy (non-hydrogen) atoms. The number of para-hydroxylation sites is 1. The zero-order valence-corrected chi connectivity index (χ0v) is 8.12. The van der Waals surface area contributed by atoms with E-state index >= 15 is 0 Å². The molecule has 5 N–H and O–H groups in total. The van der Waals surface area contributed by atoms with Gasteiger partial charge in [0.15, 0.2) is 0 Å². The number of hydrogen-bond donors (Lipinski definition) is 3. The lowest BCUT2D eigenvalue weighted by Crippen LogP contribution is -2.24. The highest BCUT2D eigenvalue weighted by Crippen LogP contribution is 2.27. The number of anilines is 1. The summed E-state index contributed by atoms with van der Waals surface area (Å²) in [5.41, 5.74) is 12.5. The number of aliphatic hydroxyl groups excluding tert-OH is 1. The first-order chi connectivity index (χ1) is 6.04. The van der Waals surface area contributed by atoms with Crippen LogP contribution in [0.3, 0.4) is 0 Å². The van der Waals surface area contributed by atoms with Crippen LogP contribution in [-0.4, -0.2) is 11.2 Å². The standard InChI is InChI=1S/C9H13ClN2O/c1-5(13)8(11)6-3-2-4-7(10)9(6)12/h2-5,8,13H,11-12H2,1H3/t5?,8-/m0/s1. The molecule has 0 amide bonds. The molecule has 1 rings (SSSR count). The van der Waals surface area contributed by atoms with Crippen molar-refractivity contribution in [3.63, 3.8) is 0 Å². The largest absolute Gasteiger partial charge is 0.397 e. The minimum atomic E-state index is -0.638. The van der Waals surface area contributed by atoms with Gasteiger partial charge in [0.1, 0.15) is 0 Å². The number of nitrogens with two attached hydrogens (primary N) is 2. The smallest absolute Gasteiger partial charge is 0.0705 e. The molecule has 0 aliphatic heterocycles. The van der Waals surface area contributed by atoms with Gasteiger partial charge in [-0.15, -0.1) is 0 Å². The highest BCUT2D eigenvalue weighted by molar-refractivity contribution is 6.33. The molecule has 3 nitrogen and oxygen atoms in total. The van der Waals surface area contributed by atoms with Gasteiger partial charge in [-0.05, 0) is 18.6 Å². The number of rotatable bonds is 2. The molecule has 0 aliphatic carbocycles. The third kappa shape index (κ3) is 2.12. The van der Waals surface area contributed by atoms with Crippen LogP contribution in [0.4, 0.5) is 5.69 Å². The summed E-state index contributed by atoms with van der Waals surface area (Å²) in [6.45, 7) is 1.62. The Kier molecular flexibility index (Phi) is 3.14. The highest BCUT2D eigenvalue weighted by Gasteiger charge is 2.15. The van der Waals surface area contributed by atoms with Gasteiger partial charge in [-0.25, -0.2) is 0 Å². The Hall–Kier alpha value is -0.770. The molecule has 0 aliphatic rings. The topological polar surface area (TPSA) is 72.3 Å². The average molecular weight is 201 g/mol. The van der Waals surface area contributed by atoms with E-state index in [9.17, 15) is 5.11 Å². The number of benzene rings is 1. The minimum Gasteiger partial charge on any atom is -0.397 e. The van der Waals surface area contributed by atoms with Crippen LogP contribution >= 0.6 is 11.6 Å². The molecule has 1 aromatic carbocycles. The molecular formula is C9H13ClN2O. The summed E-state index contributed by atoms with van der Waals surface area (Å²) in [6.07, 6.45) is -0.638. The van der Waals surface area contributed by atoms with Gasteiger partial charge in [-0.2, -0.15) is 0 Å². The predicted octanol–water partition coefficient (Wildman–Crippen LogP) is 1.30. The Balaban J connectivity index is 3.07. The Bertz CT molecular complexity index is 302. The SMILES string of the molecule is CC(O)[C@H](N)c1cccc(Cl)c1N. The lowest BCUT2D eigenvalue weighted by molar-refractivity contribution is 0.164. The average Bonchev–Trinajstić information content (AvgIpc) is 2.08. The maximum absolute atomic E-state index is 9.27. The zero-order chi connectivity index (χ0) is 10.0. The van der Waals surface area contributed by atoms with Crippen molar-refractivity contribution < 1.29 is 5.11 Å². The van der Waals surface area contributed by atoms with E-state index in [1.54, 1.807) is 25.1 Å². The van der Waals surface area contributed by atoms with Crippen molar-refractivity contribution >= 4 is 17.3 Å². The minimum absolute atomic E-state index is 0.442. The summed E-state index contributed by atoms with van der Waals surface area (Å²) in [4.78, 5) is 0. The van der Waals surface area contributed by atoms with Crippen molar-refractivity contribution in [3.05, 3.63) is 28.8 Å². The van der Waals surface area contributed by atoms with Gasteiger partial charge in [-0.3, -0.25) is 0 Å². The first-order valence-corrected chi connectivity index (χ1v) is 4.39. The van der Waals surface area contributed by atoms with E-state index < -0.39 is 12.1 Å². The van der Waals surface area contributed by atoms with Gasteiger partial charge in [-0.1, -0.05) is 23.7 Å². The molecule has 72 valence electrons. The van der Waals surface area contributed by atoms with Crippen molar-refractivity contribution in [3.8, 4) is 0 Å². The zero-order valence-electron chi connectivity index (χ0n) is 7.37. The Morgan fingerprint density at radius 1 is 1.46 bits per heavy atom. The molecule has 0 fully saturated rings. The first-order valence-electron chi connectivity index (χ1n) is 4.01. The summed E-state index contributed by atoms with van der Waals surface area (Å²) in [5.74, 6) is 0. The van der Waals surface area contributed by atoms with Crippen molar-refractivity contribution in [2.45, 2.75) is 19.1 Å². The van der Waals surface area contributed by atoms with Crippen LogP contribution in [0.15, 0.2) is 18.2 Å². The third-order valence-corrected chi connectivity index (χ3v) is 2.30. The van der Waals surface area contributed by atoms with Crippen LogP contribution in [0.5, 0.6) is 0 Å². The molecule has 0 heterocycles. The maximum Gasteiger partial charge on any atom is 0.0705 e. The Morgan fingerprint density at radius 3 is 2.62 bits per heavy atom. The second-order valence-electron chi connectivity index (χ2n) is 3.01. The van der Waals surface area contributed by atoms with Gasteiger partial charge in [0.2, 0.25) is 0 Å². The summed E-state index contributed by atoms with van der Waals surface area (Å²) in [5, 5.41) is 9.73. The van der Waals surface area contributed by atoms with Crippen LogP contribution in [-0.2, 0) is 0 Å². The van der Waals surface area contributed by atoms with Crippen LogP contribution < -0.4 is 11.5 Å². The first kappa shape index (κ1) is 10.3. The van der Waals surface area contributed by atoms with E-state index in [1.807, 2.05) is 0 Å². The second kappa shape index (κ2) is 3.96. The molecule has 1 aromatic rings. The lowest BCUT2D eigenvalue weighted by Gasteiger charge is -2.17. The summed E-state index contributed by atoms with van der Waals surface area (Å²) in [7, 11) is 0. The molecule has 0 radical (unpaired) electrons. The van der Waals surface area contributed by atoms with Crippen LogP contribution in [0.25, 0.3) is 0 Å². The lowest BCUT2D eigenvalue weighted by atomic mass is 10.0. The summed E-state index contributed by atoms with van der Waals surface area (Å²) in [6, 6.07) is 4.73. The molecular weight excluding hydrogens is 188 g/mol. The van der Waals surface area contributed by atoms with E-state index in [4.69, 9.17) is 23.1 Å². The van der Waals surface area contributed by atoms with Gasteiger partial charge >= 0.3 is 0 Å². The predicted molar refractivity (Wildman–Crippen MR) is 54.5 cm³/mol. The van der Waals surface area contributed by atoms with Crippen molar-refractivity contribution in [1.29, 1.82) is 0 Å². The van der Waals surface area contributed by atoms with Crippen LogP contribution in [0.1, 0.15) is 18.5 Å². The van der Waals surface area contributed by atoms with E-state index in [-0.39, 0.29) is 0 Å². The fourth-order valence-corrected chi connectivity index (χ4v) is 1.29. The summed E-state index contributed by atoms with van der Waals surface area (Å²) >= 11 is 5.80. The maximum atomic E-state index is 9.27. The second-order valence-corrected chi connectivity index (χ2v) is 3.42. The number of hydrogen-bond acceptors (Lipinski definition) is 3. The van der Waals surface area contributed by atoms with Gasteiger partial charge < -0.3 is 16.6 Å². The van der Waals surface area contributed by atoms with Crippen molar-refractivity contribution in [1.82, 2.24) is 0 Å². The summed E-state index contributed by atoms with van der Waals surface area (Å²) < 4.78 is 0. The molecule has 0 saturated heterocycles. The Labute approximate surface area is 82.3 Å². The van der Waals surface area contributed by atoms with E-state index in [2.05, 4.69) is 0 Å². The third-order valence-electron chi connectivity index (χ3n) is 1.97. The fraction of sp³-hybridized carbons (Fsp3) is 0.333. The van der Waals surface area contributed by atoms with E-state index in [0.29, 0.717) is 16.3 Å².